The molecule has 3 rings (SSSR count). The van der Waals surface area contributed by atoms with E-state index < -0.39 is 0 Å². The number of carbonyl (C=O) groups is 2. The SMILES string of the molecule is O=C1SC(=Cc2cccc(F)c2)C(=O)N1CNc1ccccc1. The molecule has 0 aromatic heterocycles. The van der Waals surface area contributed by atoms with Crippen molar-refractivity contribution in [1.29, 1.82) is 0 Å². The van der Waals surface area contributed by atoms with E-state index in [1.54, 1.807) is 12.1 Å². The fourth-order valence-corrected chi connectivity index (χ4v) is 2.95. The van der Waals surface area contributed by atoms with E-state index >= 15 is 0 Å². The molecule has 1 fully saturated rings. The average molecular weight is 328 g/mol. The highest BCUT2D eigenvalue weighted by molar-refractivity contribution is 8.18. The Morgan fingerprint density at radius 1 is 1.09 bits per heavy atom. The zero-order chi connectivity index (χ0) is 16.2. The van der Waals surface area contributed by atoms with Crippen molar-refractivity contribution in [3.8, 4) is 0 Å². The molecule has 4 nitrogen and oxygen atoms in total. The fraction of sp³-hybridized carbons (Fsp3) is 0.0588. The molecule has 0 radical (unpaired) electrons. The van der Waals surface area contributed by atoms with E-state index in [0.29, 0.717) is 5.56 Å². The van der Waals surface area contributed by atoms with E-state index in [1.165, 1.54) is 18.2 Å². The number of thioether (sulfide) groups is 1. The third-order valence-corrected chi connectivity index (χ3v) is 4.14. The molecule has 1 N–H and O–H groups in total. The second-order valence-corrected chi connectivity index (χ2v) is 5.86. The Bertz CT molecular complexity index is 777. The molecule has 0 atom stereocenters. The standard InChI is InChI=1S/C17H13FN2O2S/c18-13-6-4-5-12(9-13)10-15-16(21)20(17(22)23-15)11-19-14-7-2-1-3-8-14/h1-10,19H,11H2. The number of rotatable bonds is 4. The first-order chi connectivity index (χ1) is 11.1. The van der Waals surface area contributed by atoms with Crippen molar-refractivity contribution in [3.05, 3.63) is 70.9 Å². The van der Waals surface area contributed by atoms with E-state index in [1.807, 2.05) is 30.3 Å². The molecule has 0 saturated carbocycles. The summed E-state index contributed by atoms with van der Waals surface area (Å²) in [6.45, 7) is 0.0924. The summed E-state index contributed by atoms with van der Waals surface area (Å²) in [6.07, 6.45) is 1.52. The summed E-state index contributed by atoms with van der Waals surface area (Å²) in [5.74, 6) is -0.767. The van der Waals surface area contributed by atoms with E-state index in [-0.39, 0.29) is 28.5 Å². The number of amides is 2. The number of nitrogens with zero attached hydrogens (tertiary/aromatic N) is 1. The Hall–Kier alpha value is -2.60. The van der Waals surface area contributed by atoms with Gasteiger partial charge in [-0.3, -0.25) is 14.5 Å². The van der Waals surface area contributed by atoms with Gasteiger partial charge in [0.25, 0.3) is 11.1 Å². The lowest BCUT2D eigenvalue weighted by Crippen LogP contribution is -2.33. The summed E-state index contributed by atoms with van der Waals surface area (Å²) < 4.78 is 13.2. The van der Waals surface area contributed by atoms with Gasteiger partial charge in [0.15, 0.2) is 0 Å². The number of imide groups is 1. The van der Waals surface area contributed by atoms with Gasteiger partial charge in [0, 0.05) is 5.69 Å². The number of benzene rings is 2. The van der Waals surface area contributed by atoms with Crippen LogP contribution in [0.5, 0.6) is 0 Å². The molecule has 1 heterocycles. The van der Waals surface area contributed by atoms with Gasteiger partial charge < -0.3 is 5.32 Å². The van der Waals surface area contributed by atoms with Crippen LogP contribution in [-0.2, 0) is 4.79 Å². The van der Waals surface area contributed by atoms with Crippen LogP contribution in [0.4, 0.5) is 14.9 Å². The molecule has 0 bridgehead atoms. The minimum absolute atomic E-state index is 0.0924. The molecule has 0 spiro atoms. The summed E-state index contributed by atoms with van der Waals surface area (Å²) in [5, 5.41) is 2.68. The van der Waals surface area contributed by atoms with Gasteiger partial charge in [-0.25, -0.2) is 4.39 Å². The predicted octanol–water partition coefficient (Wildman–Crippen LogP) is 3.93. The maximum absolute atomic E-state index is 13.2. The van der Waals surface area contributed by atoms with Gasteiger partial charge >= 0.3 is 0 Å². The molecule has 0 unspecified atom stereocenters. The van der Waals surface area contributed by atoms with Crippen molar-refractivity contribution >= 4 is 34.7 Å². The Labute approximate surface area is 137 Å². The molecule has 2 amide bonds. The van der Waals surface area contributed by atoms with Crippen molar-refractivity contribution in [1.82, 2.24) is 4.90 Å². The van der Waals surface area contributed by atoms with Crippen LogP contribution in [0.3, 0.4) is 0 Å². The molecule has 2 aromatic rings. The van der Waals surface area contributed by atoms with Gasteiger partial charge in [0.05, 0.1) is 11.6 Å². The first kappa shape index (κ1) is 15.3. The van der Waals surface area contributed by atoms with Crippen molar-refractivity contribution in [2.45, 2.75) is 0 Å². The Kier molecular flexibility index (Phi) is 4.43. The molecule has 23 heavy (non-hydrogen) atoms. The smallest absolute Gasteiger partial charge is 0.295 e. The first-order valence-electron chi connectivity index (χ1n) is 6.93. The third kappa shape index (κ3) is 3.60. The lowest BCUT2D eigenvalue weighted by Gasteiger charge is -2.14. The Balaban J connectivity index is 1.72. The average Bonchev–Trinajstić information content (AvgIpc) is 2.80. The van der Waals surface area contributed by atoms with Crippen LogP contribution in [-0.4, -0.2) is 22.7 Å². The normalized spacial score (nSPS) is 16.2. The van der Waals surface area contributed by atoms with Crippen LogP contribution in [0.25, 0.3) is 6.08 Å². The maximum atomic E-state index is 13.2. The largest absolute Gasteiger partial charge is 0.367 e. The van der Waals surface area contributed by atoms with Gasteiger partial charge in [0.2, 0.25) is 0 Å². The highest BCUT2D eigenvalue weighted by Crippen LogP contribution is 2.32. The van der Waals surface area contributed by atoms with Crippen molar-refractivity contribution in [2.24, 2.45) is 0 Å². The monoisotopic (exact) mass is 328 g/mol. The van der Waals surface area contributed by atoms with Gasteiger partial charge in [-0.2, -0.15) is 0 Å². The number of anilines is 1. The zero-order valence-electron chi connectivity index (χ0n) is 12.0. The number of hydrogen-bond acceptors (Lipinski definition) is 4. The van der Waals surface area contributed by atoms with Crippen LogP contribution in [0.1, 0.15) is 5.56 Å². The van der Waals surface area contributed by atoms with Crippen molar-refractivity contribution in [3.63, 3.8) is 0 Å². The molecule has 2 aromatic carbocycles. The fourth-order valence-electron chi connectivity index (χ4n) is 2.11. The first-order valence-corrected chi connectivity index (χ1v) is 7.75. The predicted molar refractivity (Wildman–Crippen MR) is 89.1 cm³/mol. The zero-order valence-corrected chi connectivity index (χ0v) is 12.8. The molecule has 6 heteroatoms. The van der Waals surface area contributed by atoms with Crippen LogP contribution in [0, 0.1) is 5.82 Å². The summed E-state index contributed by atoms with van der Waals surface area (Å²) in [7, 11) is 0. The van der Waals surface area contributed by atoms with E-state index in [9.17, 15) is 14.0 Å². The number of halogens is 1. The van der Waals surface area contributed by atoms with Crippen LogP contribution in [0.2, 0.25) is 0 Å². The van der Waals surface area contributed by atoms with Gasteiger partial charge in [0.1, 0.15) is 5.82 Å². The minimum atomic E-state index is -0.385. The Morgan fingerprint density at radius 2 is 1.87 bits per heavy atom. The summed E-state index contributed by atoms with van der Waals surface area (Å²) in [4.78, 5) is 25.7. The second kappa shape index (κ2) is 6.66. The lowest BCUT2D eigenvalue weighted by molar-refractivity contribution is -0.122. The van der Waals surface area contributed by atoms with Gasteiger partial charge in [-0.1, -0.05) is 30.3 Å². The number of nitrogens with one attached hydrogen (secondary N) is 1. The number of para-hydroxylation sites is 1. The van der Waals surface area contributed by atoms with Crippen LogP contribution < -0.4 is 5.32 Å². The third-order valence-electron chi connectivity index (χ3n) is 3.24. The summed E-state index contributed by atoms with van der Waals surface area (Å²) in [5.41, 5.74) is 1.37. The van der Waals surface area contributed by atoms with E-state index in [2.05, 4.69) is 5.32 Å². The summed E-state index contributed by atoms with van der Waals surface area (Å²) in [6, 6.07) is 15.2. The Morgan fingerprint density at radius 3 is 2.61 bits per heavy atom. The minimum Gasteiger partial charge on any atom is -0.367 e. The maximum Gasteiger partial charge on any atom is 0.295 e. The molecular weight excluding hydrogens is 315 g/mol. The molecule has 1 aliphatic heterocycles. The molecule has 116 valence electrons. The highest BCUT2D eigenvalue weighted by atomic mass is 32.2. The van der Waals surface area contributed by atoms with Crippen molar-refractivity contribution < 1.29 is 14.0 Å². The quantitative estimate of drug-likeness (QED) is 0.864. The molecule has 0 aliphatic carbocycles. The van der Waals surface area contributed by atoms with Crippen LogP contribution in [0.15, 0.2) is 59.5 Å². The number of carbonyl (C=O) groups excluding carboxylic acids is 2. The topological polar surface area (TPSA) is 49.4 Å². The lowest BCUT2D eigenvalue weighted by atomic mass is 10.2. The summed E-state index contributed by atoms with van der Waals surface area (Å²) >= 11 is 0.854. The molecule has 1 aliphatic rings. The second-order valence-electron chi connectivity index (χ2n) is 4.87. The molecule has 1 saturated heterocycles. The van der Waals surface area contributed by atoms with Gasteiger partial charge in [-0.15, -0.1) is 0 Å². The van der Waals surface area contributed by atoms with E-state index in [4.69, 9.17) is 0 Å². The van der Waals surface area contributed by atoms with Crippen molar-refractivity contribution in [2.75, 3.05) is 12.0 Å². The van der Waals surface area contributed by atoms with E-state index in [0.717, 1.165) is 22.3 Å². The molecular formula is C17H13FN2O2S. The van der Waals surface area contributed by atoms with Crippen LogP contribution >= 0.6 is 11.8 Å². The number of hydrogen-bond donors (Lipinski definition) is 1. The highest BCUT2D eigenvalue weighted by Gasteiger charge is 2.34. The van der Waals surface area contributed by atoms with Gasteiger partial charge in [-0.05, 0) is 47.7 Å².